The van der Waals surface area contributed by atoms with Gasteiger partial charge in [-0.1, -0.05) is 36.1 Å². The molecule has 7 nitrogen and oxygen atoms in total. The SMILES string of the molecule is CCSc1nnc(NC(=O)/C=C/c2csc(N(C(C)=O)c3cccc(C(F)(F)F)c3)n2)s1. The van der Waals surface area contributed by atoms with E-state index >= 15 is 0 Å². The van der Waals surface area contributed by atoms with Gasteiger partial charge in [-0.2, -0.15) is 13.2 Å². The zero-order chi connectivity index (χ0) is 23.3. The molecule has 0 saturated heterocycles. The Hall–Kier alpha value is -2.77. The fraction of sp³-hybridized carbons (Fsp3) is 0.211. The molecule has 13 heteroatoms. The van der Waals surface area contributed by atoms with Crippen LogP contribution in [0.4, 0.5) is 29.1 Å². The molecule has 2 heterocycles. The first kappa shape index (κ1) is 23.9. The van der Waals surface area contributed by atoms with Gasteiger partial charge in [0.25, 0.3) is 0 Å². The minimum atomic E-state index is -4.54. The number of amides is 2. The van der Waals surface area contributed by atoms with Crippen molar-refractivity contribution in [3.63, 3.8) is 0 Å². The largest absolute Gasteiger partial charge is 0.416 e. The topological polar surface area (TPSA) is 88.1 Å². The predicted molar refractivity (Wildman–Crippen MR) is 120 cm³/mol. The minimum Gasteiger partial charge on any atom is -0.297 e. The molecule has 3 aromatic rings. The van der Waals surface area contributed by atoms with E-state index in [1.165, 1.54) is 54.3 Å². The number of nitrogens with one attached hydrogen (secondary N) is 1. The molecule has 0 bridgehead atoms. The lowest BCUT2D eigenvalue weighted by molar-refractivity contribution is -0.137. The van der Waals surface area contributed by atoms with Crippen LogP contribution in [-0.2, 0) is 15.8 Å². The Bertz CT molecular complexity index is 1140. The number of thiazole rings is 1. The molecule has 0 spiro atoms. The van der Waals surface area contributed by atoms with Crippen molar-refractivity contribution in [2.24, 2.45) is 0 Å². The number of carbonyl (C=O) groups is 2. The van der Waals surface area contributed by atoms with Crippen LogP contribution in [-0.4, -0.2) is 32.7 Å². The molecule has 0 aliphatic rings. The molecule has 32 heavy (non-hydrogen) atoms. The van der Waals surface area contributed by atoms with Gasteiger partial charge in [0.1, 0.15) is 0 Å². The molecule has 0 radical (unpaired) electrons. The Balaban J connectivity index is 1.74. The molecule has 0 atom stereocenters. The van der Waals surface area contributed by atoms with Gasteiger partial charge < -0.3 is 0 Å². The zero-order valence-corrected chi connectivity index (χ0v) is 19.2. The third-order valence-corrected chi connectivity index (χ3v) is 6.46. The van der Waals surface area contributed by atoms with Crippen LogP contribution in [0.3, 0.4) is 0 Å². The van der Waals surface area contributed by atoms with Crippen molar-refractivity contribution in [3.8, 4) is 0 Å². The van der Waals surface area contributed by atoms with Crippen molar-refractivity contribution in [1.82, 2.24) is 15.2 Å². The molecule has 3 rings (SSSR count). The van der Waals surface area contributed by atoms with E-state index in [9.17, 15) is 22.8 Å². The second-order valence-electron chi connectivity index (χ2n) is 6.09. The molecule has 2 amide bonds. The molecule has 2 aromatic heterocycles. The van der Waals surface area contributed by atoms with Crippen molar-refractivity contribution in [3.05, 3.63) is 47.0 Å². The molecular weight excluding hydrogens is 483 g/mol. The van der Waals surface area contributed by atoms with Crippen LogP contribution in [0.1, 0.15) is 25.1 Å². The Labute approximate surface area is 193 Å². The van der Waals surface area contributed by atoms with Crippen molar-refractivity contribution in [1.29, 1.82) is 0 Å². The molecule has 0 fully saturated rings. The Morgan fingerprint density at radius 3 is 2.75 bits per heavy atom. The second-order valence-corrected chi connectivity index (χ2v) is 9.41. The predicted octanol–water partition coefficient (Wildman–Crippen LogP) is 5.46. The van der Waals surface area contributed by atoms with E-state index in [4.69, 9.17) is 0 Å². The van der Waals surface area contributed by atoms with Crippen LogP contribution in [0.15, 0.2) is 40.1 Å². The highest BCUT2D eigenvalue weighted by Gasteiger charge is 2.31. The molecule has 0 saturated carbocycles. The second kappa shape index (κ2) is 10.2. The average Bonchev–Trinajstić information content (AvgIpc) is 3.36. The lowest BCUT2D eigenvalue weighted by Crippen LogP contribution is -2.23. The molecule has 0 aliphatic carbocycles. The number of alkyl halides is 3. The molecular formula is C19H16F3N5O2S3. The molecule has 1 N–H and O–H groups in total. The van der Waals surface area contributed by atoms with E-state index in [1.807, 2.05) is 6.92 Å². The number of thioether (sulfide) groups is 1. The van der Waals surface area contributed by atoms with E-state index < -0.39 is 23.6 Å². The summed E-state index contributed by atoms with van der Waals surface area (Å²) in [4.78, 5) is 29.6. The van der Waals surface area contributed by atoms with Gasteiger partial charge in [0.05, 0.1) is 16.9 Å². The van der Waals surface area contributed by atoms with Crippen LogP contribution in [0.2, 0.25) is 0 Å². The van der Waals surface area contributed by atoms with Gasteiger partial charge in [-0.05, 0) is 30.0 Å². The summed E-state index contributed by atoms with van der Waals surface area (Å²) in [5.41, 5.74) is -0.448. The summed E-state index contributed by atoms with van der Waals surface area (Å²) in [5.74, 6) is -0.0964. The third kappa shape index (κ3) is 6.14. The van der Waals surface area contributed by atoms with Crippen molar-refractivity contribution in [2.75, 3.05) is 16.0 Å². The quantitative estimate of drug-likeness (QED) is 0.264. The number of rotatable bonds is 7. The lowest BCUT2D eigenvalue weighted by Gasteiger charge is -2.19. The lowest BCUT2D eigenvalue weighted by atomic mass is 10.2. The van der Waals surface area contributed by atoms with Gasteiger partial charge in [0.15, 0.2) is 9.47 Å². The van der Waals surface area contributed by atoms with Crippen LogP contribution in [0, 0.1) is 0 Å². The van der Waals surface area contributed by atoms with Crippen molar-refractivity contribution < 1.29 is 22.8 Å². The van der Waals surface area contributed by atoms with Gasteiger partial charge in [-0.15, -0.1) is 21.5 Å². The Morgan fingerprint density at radius 2 is 2.06 bits per heavy atom. The highest BCUT2D eigenvalue weighted by atomic mass is 32.2. The summed E-state index contributed by atoms with van der Waals surface area (Å²) in [6.45, 7) is 3.22. The molecule has 168 valence electrons. The summed E-state index contributed by atoms with van der Waals surface area (Å²) in [7, 11) is 0. The number of benzene rings is 1. The third-order valence-electron chi connectivity index (χ3n) is 3.76. The highest BCUT2D eigenvalue weighted by molar-refractivity contribution is 8.01. The van der Waals surface area contributed by atoms with Crippen LogP contribution < -0.4 is 10.2 Å². The van der Waals surface area contributed by atoms with E-state index in [-0.39, 0.29) is 10.8 Å². The monoisotopic (exact) mass is 499 g/mol. The van der Waals surface area contributed by atoms with E-state index in [1.54, 1.807) is 5.38 Å². The summed E-state index contributed by atoms with van der Waals surface area (Å²) >= 11 is 3.84. The van der Waals surface area contributed by atoms with Gasteiger partial charge in [-0.3, -0.25) is 19.8 Å². The maximum atomic E-state index is 13.0. The zero-order valence-electron chi connectivity index (χ0n) is 16.7. The first-order valence-corrected chi connectivity index (χ1v) is 11.7. The van der Waals surface area contributed by atoms with E-state index in [2.05, 4.69) is 20.5 Å². The molecule has 1 aromatic carbocycles. The summed E-state index contributed by atoms with van der Waals surface area (Å²) < 4.78 is 39.9. The van der Waals surface area contributed by atoms with Crippen molar-refractivity contribution in [2.45, 2.75) is 24.4 Å². The van der Waals surface area contributed by atoms with E-state index in [0.29, 0.717) is 10.8 Å². The van der Waals surface area contributed by atoms with Gasteiger partial charge in [0, 0.05) is 18.4 Å². The van der Waals surface area contributed by atoms with Crippen LogP contribution in [0.25, 0.3) is 6.08 Å². The number of nitrogens with zero attached hydrogens (tertiary/aromatic N) is 4. The first-order valence-electron chi connectivity index (χ1n) is 9.06. The fourth-order valence-electron chi connectivity index (χ4n) is 2.45. The van der Waals surface area contributed by atoms with Crippen molar-refractivity contribution >= 4 is 68.3 Å². The first-order chi connectivity index (χ1) is 15.2. The number of aromatic nitrogens is 3. The van der Waals surface area contributed by atoms with Crippen LogP contribution in [0.5, 0.6) is 0 Å². The van der Waals surface area contributed by atoms with Crippen LogP contribution >= 0.6 is 34.4 Å². The maximum Gasteiger partial charge on any atom is 0.416 e. The Morgan fingerprint density at radius 1 is 1.28 bits per heavy atom. The van der Waals surface area contributed by atoms with E-state index in [0.717, 1.165) is 38.5 Å². The fourth-order valence-corrected chi connectivity index (χ4v) is 4.96. The smallest absolute Gasteiger partial charge is 0.297 e. The normalized spacial score (nSPS) is 11.7. The summed E-state index contributed by atoms with van der Waals surface area (Å²) in [6.07, 6.45) is -1.86. The number of anilines is 3. The number of halogens is 3. The van der Waals surface area contributed by atoms with Gasteiger partial charge >= 0.3 is 6.18 Å². The van der Waals surface area contributed by atoms with Gasteiger partial charge in [-0.25, -0.2) is 4.98 Å². The number of carbonyl (C=O) groups excluding carboxylic acids is 2. The minimum absolute atomic E-state index is 0.0481. The van der Waals surface area contributed by atoms with Gasteiger partial charge in [0.2, 0.25) is 16.9 Å². The number of hydrogen-bond donors (Lipinski definition) is 1. The molecule has 0 unspecified atom stereocenters. The molecule has 0 aliphatic heterocycles. The highest BCUT2D eigenvalue weighted by Crippen LogP contribution is 2.35. The maximum absolute atomic E-state index is 13.0. The standard InChI is InChI=1S/C19H16F3N5O2S3/c1-3-30-18-26-25-16(32-18)24-15(29)8-7-13-10-31-17(23-13)27(11(2)28)14-6-4-5-12(9-14)19(20,21)22/h4-10H,3H2,1-2H3,(H,24,25,29)/b8-7+. The summed E-state index contributed by atoms with van der Waals surface area (Å²) in [6, 6.07) is 4.44. The number of hydrogen-bond acceptors (Lipinski definition) is 8. The summed E-state index contributed by atoms with van der Waals surface area (Å²) in [5, 5.41) is 12.5. The Kier molecular flexibility index (Phi) is 7.64. The average molecular weight is 500 g/mol.